The highest BCUT2D eigenvalue weighted by atomic mass is 16.5. The zero-order chi connectivity index (χ0) is 14.8. The number of hydrogen-bond donors (Lipinski definition) is 1. The van der Waals surface area contributed by atoms with Gasteiger partial charge in [0.2, 0.25) is 0 Å². The Labute approximate surface area is 126 Å². The van der Waals surface area contributed by atoms with Crippen LogP contribution in [0.2, 0.25) is 0 Å². The third-order valence-electron chi connectivity index (χ3n) is 4.85. The second-order valence-corrected chi connectivity index (χ2v) is 6.54. The molecule has 1 heterocycles. The van der Waals surface area contributed by atoms with Crippen LogP contribution in [0.25, 0.3) is 0 Å². The van der Waals surface area contributed by atoms with Crippen molar-refractivity contribution < 1.29 is 4.74 Å². The molecular weight excluding hydrogens is 248 g/mol. The summed E-state index contributed by atoms with van der Waals surface area (Å²) >= 11 is 0. The van der Waals surface area contributed by atoms with Gasteiger partial charge in [-0.25, -0.2) is 0 Å². The number of nitrogens with two attached hydrogens (primary N) is 1. The highest BCUT2D eigenvalue weighted by Gasteiger charge is 2.31. The lowest BCUT2D eigenvalue weighted by Crippen LogP contribution is -2.53. The summed E-state index contributed by atoms with van der Waals surface area (Å²) in [5.41, 5.74) is 6.26. The van der Waals surface area contributed by atoms with E-state index in [1.165, 1.54) is 51.4 Å². The average Bonchev–Trinajstić information content (AvgIpc) is 2.97. The Morgan fingerprint density at radius 2 is 1.95 bits per heavy atom. The molecular formula is C17H36N2O. The SMILES string of the molecule is CCCCCCCC(C)(CN)N(CC)CC1CCCO1. The standard InChI is InChI=1S/C17H36N2O/c1-4-6-7-8-9-12-17(3,15-18)19(5-2)14-16-11-10-13-20-16/h16H,4-15,18H2,1-3H3. The van der Waals surface area contributed by atoms with Gasteiger partial charge in [-0.3, -0.25) is 4.90 Å². The summed E-state index contributed by atoms with van der Waals surface area (Å²) in [4.78, 5) is 2.56. The van der Waals surface area contributed by atoms with E-state index in [-0.39, 0.29) is 5.54 Å². The second-order valence-electron chi connectivity index (χ2n) is 6.54. The van der Waals surface area contributed by atoms with Crippen LogP contribution in [0, 0.1) is 0 Å². The molecule has 0 aromatic heterocycles. The van der Waals surface area contributed by atoms with Crippen LogP contribution < -0.4 is 5.73 Å². The van der Waals surface area contributed by atoms with Gasteiger partial charge in [0.25, 0.3) is 0 Å². The Morgan fingerprint density at radius 3 is 2.50 bits per heavy atom. The molecule has 1 saturated heterocycles. The van der Waals surface area contributed by atoms with Gasteiger partial charge in [-0.05, 0) is 32.7 Å². The van der Waals surface area contributed by atoms with Crippen LogP contribution >= 0.6 is 0 Å². The highest BCUT2D eigenvalue weighted by molar-refractivity contribution is 4.88. The van der Waals surface area contributed by atoms with Crippen LogP contribution in [0.1, 0.15) is 72.1 Å². The van der Waals surface area contributed by atoms with Gasteiger partial charge in [0.1, 0.15) is 0 Å². The van der Waals surface area contributed by atoms with Crippen molar-refractivity contribution in [2.75, 3.05) is 26.2 Å². The molecule has 0 amide bonds. The van der Waals surface area contributed by atoms with E-state index in [1.807, 2.05) is 0 Å². The normalized spacial score (nSPS) is 22.4. The number of nitrogens with zero attached hydrogens (tertiary/aromatic N) is 1. The van der Waals surface area contributed by atoms with Crippen molar-refractivity contribution in [3.63, 3.8) is 0 Å². The van der Waals surface area contributed by atoms with Crippen molar-refractivity contribution in [2.24, 2.45) is 5.73 Å². The number of unbranched alkanes of at least 4 members (excludes halogenated alkanes) is 4. The van der Waals surface area contributed by atoms with Crippen LogP contribution in [-0.4, -0.2) is 42.8 Å². The monoisotopic (exact) mass is 284 g/mol. The first kappa shape index (κ1) is 17.9. The lowest BCUT2D eigenvalue weighted by Gasteiger charge is -2.41. The van der Waals surface area contributed by atoms with Gasteiger partial charge in [-0.15, -0.1) is 0 Å². The maximum Gasteiger partial charge on any atom is 0.0703 e. The molecule has 0 saturated carbocycles. The molecule has 0 aliphatic carbocycles. The quantitative estimate of drug-likeness (QED) is 0.590. The van der Waals surface area contributed by atoms with E-state index in [1.54, 1.807) is 0 Å². The van der Waals surface area contributed by atoms with E-state index in [4.69, 9.17) is 10.5 Å². The zero-order valence-electron chi connectivity index (χ0n) is 14.0. The molecule has 1 aliphatic rings. The summed E-state index contributed by atoms with van der Waals surface area (Å²) in [6.45, 7) is 10.7. The fourth-order valence-electron chi connectivity index (χ4n) is 3.26. The van der Waals surface area contributed by atoms with Crippen LogP contribution in [0.3, 0.4) is 0 Å². The van der Waals surface area contributed by atoms with E-state index in [2.05, 4.69) is 25.7 Å². The molecule has 1 aliphatic heterocycles. The van der Waals surface area contributed by atoms with Gasteiger partial charge in [0, 0.05) is 25.2 Å². The lowest BCUT2D eigenvalue weighted by atomic mass is 9.91. The topological polar surface area (TPSA) is 38.5 Å². The van der Waals surface area contributed by atoms with Crippen molar-refractivity contribution in [3.05, 3.63) is 0 Å². The summed E-state index contributed by atoms with van der Waals surface area (Å²) < 4.78 is 5.80. The summed E-state index contributed by atoms with van der Waals surface area (Å²) in [5.74, 6) is 0. The molecule has 2 atom stereocenters. The average molecular weight is 284 g/mol. The molecule has 1 rings (SSSR count). The van der Waals surface area contributed by atoms with Crippen LogP contribution in [0.15, 0.2) is 0 Å². The number of hydrogen-bond acceptors (Lipinski definition) is 3. The summed E-state index contributed by atoms with van der Waals surface area (Å²) in [6.07, 6.45) is 10.8. The predicted octanol–water partition coefficient (Wildman–Crippen LogP) is 3.57. The van der Waals surface area contributed by atoms with E-state index in [0.29, 0.717) is 6.10 Å². The number of likely N-dealkylation sites (N-methyl/N-ethyl adjacent to an activating group) is 1. The molecule has 2 unspecified atom stereocenters. The lowest BCUT2D eigenvalue weighted by molar-refractivity contribution is 0.0265. The Kier molecular flexibility index (Phi) is 8.74. The van der Waals surface area contributed by atoms with E-state index in [9.17, 15) is 0 Å². The van der Waals surface area contributed by atoms with E-state index < -0.39 is 0 Å². The Morgan fingerprint density at radius 1 is 1.20 bits per heavy atom. The first-order valence-electron chi connectivity index (χ1n) is 8.73. The molecule has 120 valence electrons. The maximum atomic E-state index is 6.12. The van der Waals surface area contributed by atoms with Crippen LogP contribution in [0.4, 0.5) is 0 Å². The van der Waals surface area contributed by atoms with Gasteiger partial charge in [-0.1, -0.05) is 46.0 Å². The Bertz CT molecular complexity index is 241. The predicted molar refractivity (Wildman–Crippen MR) is 87.1 cm³/mol. The minimum atomic E-state index is 0.146. The van der Waals surface area contributed by atoms with E-state index in [0.717, 1.165) is 26.2 Å². The van der Waals surface area contributed by atoms with Crippen molar-refractivity contribution in [2.45, 2.75) is 83.8 Å². The fraction of sp³-hybridized carbons (Fsp3) is 1.00. The third-order valence-corrected chi connectivity index (χ3v) is 4.85. The second kappa shape index (κ2) is 9.75. The number of rotatable bonds is 11. The first-order chi connectivity index (χ1) is 9.66. The van der Waals surface area contributed by atoms with Crippen molar-refractivity contribution >= 4 is 0 Å². The van der Waals surface area contributed by atoms with Crippen LogP contribution in [-0.2, 0) is 4.74 Å². The zero-order valence-corrected chi connectivity index (χ0v) is 14.0. The van der Waals surface area contributed by atoms with Gasteiger partial charge in [0.15, 0.2) is 0 Å². The summed E-state index contributed by atoms with van der Waals surface area (Å²) in [5, 5.41) is 0. The number of ether oxygens (including phenoxy) is 1. The smallest absolute Gasteiger partial charge is 0.0703 e. The van der Waals surface area contributed by atoms with Gasteiger partial charge in [-0.2, -0.15) is 0 Å². The molecule has 0 spiro atoms. The molecule has 3 nitrogen and oxygen atoms in total. The molecule has 3 heteroatoms. The summed E-state index contributed by atoms with van der Waals surface area (Å²) in [7, 11) is 0. The first-order valence-corrected chi connectivity index (χ1v) is 8.73. The van der Waals surface area contributed by atoms with Crippen molar-refractivity contribution in [3.8, 4) is 0 Å². The Balaban J connectivity index is 2.40. The molecule has 2 N–H and O–H groups in total. The van der Waals surface area contributed by atoms with Gasteiger partial charge in [0.05, 0.1) is 6.10 Å². The molecule has 0 bridgehead atoms. The molecule has 20 heavy (non-hydrogen) atoms. The third kappa shape index (κ3) is 5.71. The largest absolute Gasteiger partial charge is 0.377 e. The minimum Gasteiger partial charge on any atom is -0.377 e. The molecule has 0 radical (unpaired) electrons. The molecule has 0 aromatic carbocycles. The van der Waals surface area contributed by atoms with Gasteiger partial charge >= 0.3 is 0 Å². The van der Waals surface area contributed by atoms with Gasteiger partial charge < -0.3 is 10.5 Å². The summed E-state index contributed by atoms with van der Waals surface area (Å²) in [6, 6.07) is 0. The van der Waals surface area contributed by atoms with Crippen molar-refractivity contribution in [1.29, 1.82) is 0 Å². The highest BCUT2D eigenvalue weighted by Crippen LogP contribution is 2.24. The molecule has 1 fully saturated rings. The van der Waals surface area contributed by atoms with Crippen molar-refractivity contribution in [1.82, 2.24) is 4.90 Å². The Hall–Kier alpha value is -0.120. The minimum absolute atomic E-state index is 0.146. The molecule has 0 aromatic rings. The maximum absolute atomic E-state index is 6.12. The van der Waals surface area contributed by atoms with Crippen LogP contribution in [0.5, 0.6) is 0 Å². The fourth-order valence-corrected chi connectivity index (χ4v) is 3.26. The van der Waals surface area contributed by atoms with E-state index >= 15 is 0 Å².